The van der Waals surface area contributed by atoms with Gasteiger partial charge in [-0.3, -0.25) is 4.98 Å². The molecule has 194 valence electrons. The first-order chi connectivity index (χ1) is 17.3. The fraction of sp³-hybridized carbons (Fsp3) is 0.444. The smallest absolute Gasteiger partial charge is 0.128 e. The number of nitrogens with one attached hydrogen (secondary N) is 1. The summed E-state index contributed by atoms with van der Waals surface area (Å²) in [4.78, 5) is 6.54. The number of aliphatic hydroxyl groups excluding tert-OH is 1. The summed E-state index contributed by atoms with van der Waals surface area (Å²) in [6.45, 7) is 2.75. The molecule has 1 aromatic heterocycles. The van der Waals surface area contributed by atoms with Gasteiger partial charge < -0.3 is 20.1 Å². The minimum absolute atomic E-state index is 0.00692. The number of nitrogens with zero attached hydrogens (tertiary/aromatic N) is 2. The molecular weight excluding hydrogens is 491 g/mol. The van der Waals surface area contributed by atoms with E-state index in [1.54, 1.807) is 25.3 Å². The Morgan fingerprint density at radius 3 is 2.56 bits per heavy atom. The van der Waals surface area contributed by atoms with Gasteiger partial charge in [0.25, 0.3) is 0 Å². The molecule has 0 spiro atoms. The molecule has 9 heteroatoms. The van der Waals surface area contributed by atoms with Gasteiger partial charge >= 0.3 is 0 Å². The van der Waals surface area contributed by atoms with Crippen molar-refractivity contribution in [2.45, 2.75) is 31.9 Å². The molecule has 2 aromatic carbocycles. The Bertz CT molecular complexity index is 1170. The number of piperidine rings is 1. The highest BCUT2D eigenvalue weighted by Gasteiger charge is 2.35. The number of pyridine rings is 1. The number of likely N-dealkylation sites (tertiary alicyclic amines) is 1. The largest absolute Gasteiger partial charge is 0.497 e. The number of aliphatic hydroxyl groups is 1. The van der Waals surface area contributed by atoms with Crippen LogP contribution in [0.5, 0.6) is 5.75 Å². The molecule has 0 radical (unpaired) electrons. The number of aromatic nitrogens is 1. The van der Waals surface area contributed by atoms with E-state index in [1.807, 2.05) is 0 Å². The number of halogens is 4. The summed E-state index contributed by atoms with van der Waals surface area (Å²) in [6, 6.07) is 8.68. The molecule has 1 saturated heterocycles. The van der Waals surface area contributed by atoms with E-state index in [-0.39, 0.29) is 23.5 Å². The van der Waals surface area contributed by atoms with Crippen molar-refractivity contribution in [3.8, 4) is 5.75 Å². The van der Waals surface area contributed by atoms with Gasteiger partial charge in [-0.25, -0.2) is 13.2 Å². The summed E-state index contributed by atoms with van der Waals surface area (Å²) in [5, 5.41) is 14.2. The molecule has 1 aliphatic rings. The van der Waals surface area contributed by atoms with E-state index in [2.05, 4.69) is 15.2 Å². The summed E-state index contributed by atoms with van der Waals surface area (Å²) in [6.07, 6.45) is 2.43. The molecule has 0 bridgehead atoms. The Labute approximate surface area is 214 Å². The van der Waals surface area contributed by atoms with Crippen LogP contribution >= 0.6 is 11.6 Å². The van der Waals surface area contributed by atoms with Crippen LogP contribution in [0, 0.1) is 17.0 Å². The van der Waals surface area contributed by atoms with E-state index < -0.39 is 17.8 Å². The lowest BCUT2D eigenvalue weighted by atomic mass is 9.74. The maximum Gasteiger partial charge on any atom is 0.128 e. The monoisotopic (exact) mass is 521 g/mol. The van der Waals surface area contributed by atoms with Crippen molar-refractivity contribution in [2.24, 2.45) is 5.41 Å². The Morgan fingerprint density at radius 1 is 1.17 bits per heavy atom. The van der Waals surface area contributed by atoms with Gasteiger partial charge in [-0.1, -0.05) is 11.6 Å². The standard InChI is InChI=1S/C27H31ClF3N3O2/c1-36-21-2-3-25-22(15-21)26(23(28)16-33-25)24(31)4-5-27(17-35)6-9-34(10-7-27)11-8-32-20-13-18(29)12-19(30)14-20/h2-3,12-16,24,32,35H,4-11,17H2,1H3/t24-/m1/s1. The van der Waals surface area contributed by atoms with Crippen LogP contribution < -0.4 is 10.1 Å². The van der Waals surface area contributed by atoms with Gasteiger partial charge in [0.1, 0.15) is 23.6 Å². The van der Waals surface area contributed by atoms with E-state index in [9.17, 15) is 13.9 Å². The van der Waals surface area contributed by atoms with Gasteiger partial charge in [0, 0.05) is 48.6 Å². The topological polar surface area (TPSA) is 57.6 Å². The molecule has 0 aliphatic carbocycles. The predicted octanol–water partition coefficient (Wildman–Crippen LogP) is 6.15. The highest BCUT2D eigenvalue weighted by atomic mass is 35.5. The maximum absolute atomic E-state index is 15.6. The SMILES string of the molecule is COc1ccc2ncc(Cl)c([C@H](F)CCC3(CO)CCN(CCNc4cc(F)cc(F)c4)CC3)c2c1. The van der Waals surface area contributed by atoms with E-state index in [0.717, 1.165) is 32.0 Å². The molecule has 4 rings (SSSR count). The molecule has 0 saturated carbocycles. The van der Waals surface area contributed by atoms with Crippen molar-refractivity contribution in [1.29, 1.82) is 0 Å². The van der Waals surface area contributed by atoms with Crippen molar-refractivity contribution >= 4 is 28.2 Å². The van der Waals surface area contributed by atoms with E-state index in [4.69, 9.17) is 16.3 Å². The molecule has 1 fully saturated rings. The number of ether oxygens (including phenoxy) is 1. The zero-order chi connectivity index (χ0) is 25.7. The van der Waals surface area contributed by atoms with Crippen LogP contribution in [0.3, 0.4) is 0 Å². The van der Waals surface area contributed by atoms with Gasteiger partial charge in [0.15, 0.2) is 0 Å². The van der Waals surface area contributed by atoms with Gasteiger partial charge in [-0.2, -0.15) is 0 Å². The number of benzene rings is 2. The van der Waals surface area contributed by atoms with Gasteiger partial charge in [-0.15, -0.1) is 0 Å². The zero-order valence-corrected chi connectivity index (χ0v) is 21.0. The summed E-state index contributed by atoms with van der Waals surface area (Å²) in [7, 11) is 1.56. The lowest BCUT2D eigenvalue weighted by molar-refractivity contribution is 0.0315. The van der Waals surface area contributed by atoms with Crippen molar-refractivity contribution in [1.82, 2.24) is 9.88 Å². The second kappa shape index (κ2) is 11.7. The van der Waals surface area contributed by atoms with Gasteiger partial charge in [-0.05, 0) is 74.5 Å². The lowest BCUT2D eigenvalue weighted by Crippen LogP contribution is -2.43. The first-order valence-corrected chi connectivity index (χ1v) is 12.5. The normalized spacial score (nSPS) is 16.7. The second-order valence-electron chi connectivity index (χ2n) is 9.49. The van der Waals surface area contributed by atoms with Crippen molar-refractivity contribution in [2.75, 3.05) is 45.2 Å². The average Bonchev–Trinajstić information content (AvgIpc) is 2.87. The zero-order valence-electron chi connectivity index (χ0n) is 20.2. The quantitative estimate of drug-likeness (QED) is 0.335. The summed E-state index contributed by atoms with van der Waals surface area (Å²) in [5.74, 6) is -0.625. The molecule has 0 unspecified atom stereocenters. The Balaban J connectivity index is 1.33. The lowest BCUT2D eigenvalue weighted by Gasteiger charge is -2.41. The molecule has 2 heterocycles. The number of methoxy groups -OCH3 is 1. The number of fused-ring (bicyclic) bond motifs is 1. The average molecular weight is 522 g/mol. The van der Waals surface area contributed by atoms with Crippen molar-refractivity contribution in [3.05, 3.63) is 64.8 Å². The van der Waals surface area contributed by atoms with Crippen molar-refractivity contribution in [3.63, 3.8) is 0 Å². The first kappa shape index (κ1) is 26.5. The minimum Gasteiger partial charge on any atom is -0.497 e. The molecule has 3 aromatic rings. The minimum atomic E-state index is -1.30. The summed E-state index contributed by atoms with van der Waals surface area (Å²) in [5.41, 5.74) is 1.11. The van der Waals surface area contributed by atoms with Crippen LogP contribution in [-0.4, -0.2) is 54.9 Å². The first-order valence-electron chi connectivity index (χ1n) is 12.1. The molecule has 2 N–H and O–H groups in total. The Hall–Kier alpha value is -2.55. The van der Waals surface area contributed by atoms with E-state index in [1.165, 1.54) is 18.3 Å². The van der Waals surface area contributed by atoms with Crippen LogP contribution in [0.4, 0.5) is 18.9 Å². The fourth-order valence-corrected chi connectivity index (χ4v) is 5.21. The van der Waals surface area contributed by atoms with Gasteiger partial charge in [0.05, 0.1) is 17.6 Å². The summed E-state index contributed by atoms with van der Waals surface area (Å²) < 4.78 is 47.6. The van der Waals surface area contributed by atoms with Crippen molar-refractivity contribution < 1.29 is 23.0 Å². The molecule has 36 heavy (non-hydrogen) atoms. The van der Waals surface area contributed by atoms with E-state index in [0.29, 0.717) is 47.4 Å². The van der Waals surface area contributed by atoms with Gasteiger partial charge in [0.2, 0.25) is 0 Å². The maximum atomic E-state index is 15.6. The highest BCUT2D eigenvalue weighted by Crippen LogP contribution is 2.41. The number of anilines is 1. The fourth-order valence-electron chi connectivity index (χ4n) is 4.94. The van der Waals surface area contributed by atoms with Crippen LogP contribution in [0.15, 0.2) is 42.6 Å². The molecule has 5 nitrogen and oxygen atoms in total. The van der Waals surface area contributed by atoms with Crippen LogP contribution in [-0.2, 0) is 0 Å². The Morgan fingerprint density at radius 2 is 1.89 bits per heavy atom. The second-order valence-corrected chi connectivity index (χ2v) is 9.90. The van der Waals surface area contributed by atoms with Crippen LogP contribution in [0.1, 0.15) is 37.4 Å². The number of hydrogen-bond acceptors (Lipinski definition) is 5. The molecule has 0 amide bonds. The van der Waals surface area contributed by atoms with E-state index >= 15 is 4.39 Å². The number of alkyl halides is 1. The molecular formula is C27H31ClF3N3O2. The predicted molar refractivity (Wildman–Crippen MR) is 136 cm³/mol. The third kappa shape index (κ3) is 6.22. The van der Waals surface area contributed by atoms with Crippen LogP contribution in [0.25, 0.3) is 10.9 Å². The van der Waals surface area contributed by atoms with Crippen LogP contribution in [0.2, 0.25) is 5.02 Å². The number of rotatable bonds is 10. The third-order valence-electron chi connectivity index (χ3n) is 7.18. The molecule has 1 aliphatic heterocycles. The summed E-state index contributed by atoms with van der Waals surface area (Å²) >= 11 is 6.37. The number of hydrogen-bond donors (Lipinski definition) is 2. The Kier molecular flexibility index (Phi) is 8.59. The molecule has 1 atom stereocenters. The third-order valence-corrected chi connectivity index (χ3v) is 7.48. The highest BCUT2D eigenvalue weighted by molar-refractivity contribution is 6.32.